The molecular formula is C81H87Br2ClN12O10. The molecule has 0 bridgehead atoms. The molecular weight excluding hydrogens is 1500 g/mol. The van der Waals surface area contributed by atoms with E-state index in [2.05, 4.69) is 126 Å². The molecule has 0 unspecified atom stereocenters. The second kappa shape index (κ2) is 38.2. The molecule has 4 N–H and O–H groups in total. The summed E-state index contributed by atoms with van der Waals surface area (Å²) in [6.45, 7) is 20.6. The molecule has 0 spiro atoms. The summed E-state index contributed by atoms with van der Waals surface area (Å²) >= 11 is 13.2. The number of aliphatic carboxylic acids is 1. The van der Waals surface area contributed by atoms with Crippen molar-refractivity contribution in [3.8, 4) is 62.0 Å². The van der Waals surface area contributed by atoms with Gasteiger partial charge in [0.25, 0.3) is 17.5 Å². The normalized spacial score (nSPS) is 13.1. The summed E-state index contributed by atoms with van der Waals surface area (Å²) in [6.07, 6.45) is 12.8. The number of carboxylic acids is 1. The van der Waals surface area contributed by atoms with Crippen LogP contribution in [0.15, 0.2) is 210 Å². The number of nitrogens with one attached hydrogen (secondary N) is 2. The van der Waals surface area contributed by atoms with Gasteiger partial charge in [-0.3, -0.25) is 43.0 Å². The number of carboxylic acid groups (broad SMARTS) is 1. The van der Waals surface area contributed by atoms with Crippen LogP contribution in [0.2, 0.25) is 5.02 Å². The first-order valence-corrected chi connectivity index (χ1v) is 37.0. The zero-order valence-electron chi connectivity index (χ0n) is 60.5. The maximum atomic E-state index is 13.1. The fourth-order valence-corrected chi connectivity index (χ4v) is 11.6. The number of Topliss-reactive ketones (excluding diaryl/α,β-unsaturated/α-hetero) is 3. The number of carbonyl (C=O) groups is 6. The molecule has 13 rings (SSSR count). The van der Waals surface area contributed by atoms with E-state index in [0.717, 1.165) is 104 Å². The Balaban J connectivity index is 0.000000165. The molecule has 106 heavy (non-hydrogen) atoms. The number of ketones is 3. The molecule has 22 nitrogen and oxygen atoms in total. The molecule has 2 atom stereocenters. The van der Waals surface area contributed by atoms with Gasteiger partial charge in [-0.25, -0.2) is 9.59 Å². The number of aliphatic hydroxyl groups excluding tert-OH is 1. The number of nitrogens with zero attached hydrogens (tertiary/aromatic N) is 10. The summed E-state index contributed by atoms with van der Waals surface area (Å²) in [5.74, 6) is -4.62. The molecule has 1 saturated heterocycles. The van der Waals surface area contributed by atoms with E-state index < -0.39 is 47.3 Å². The Morgan fingerprint density at radius 3 is 1.29 bits per heavy atom. The molecule has 2 fully saturated rings. The van der Waals surface area contributed by atoms with E-state index in [4.69, 9.17) is 26.2 Å². The zero-order valence-corrected chi connectivity index (χ0v) is 64.4. The zero-order chi connectivity index (χ0) is 76.1. The van der Waals surface area contributed by atoms with Gasteiger partial charge < -0.3 is 29.9 Å². The first-order chi connectivity index (χ1) is 50.8. The highest BCUT2D eigenvalue weighted by Gasteiger charge is 2.31. The van der Waals surface area contributed by atoms with Crippen LogP contribution >= 0.6 is 43.5 Å². The average Bonchev–Trinajstić information content (AvgIpc) is 0.948. The van der Waals surface area contributed by atoms with Crippen molar-refractivity contribution in [2.75, 3.05) is 26.2 Å². The molecule has 11 aromatic rings. The number of ether oxygens (including phenoxy) is 2. The van der Waals surface area contributed by atoms with Gasteiger partial charge in [0.2, 0.25) is 5.78 Å². The Kier molecular flexibility index (Phi) is 28.7. The van der Waals surface area contributed by atoms with Crippen molar-refractivity contribution in [2.24, 2.45) is 0 Å². The highest BCUT2D eigenvalue weighted by atomic mass is 79.9. The number of aromatic nitrogens is 10. The minimum atomic E-state index is -1.45. The molecule has 6 aromatic carbocycles. The lowest BCUT2D eigenvalue weighted by molar-refractivity contribution is -0.137. The van der Waals surface area contributed by atoms with Gasteiger partial charge in [0.1, 0.15) is 11.9 Å². The Hall–Kier alpha value is -10.2. The summed E-state index contributed by atoms with van der Waals surface area (Å²) in [4.78, 5) is 73.3. The smallest absolute Gasteiger partial charge is 0.379 e. The lowest BCUT2D eigenvalue weighted by Gasteiger charge is -2.28. The Labute approximate surface area is 638 Å². The van der Waals surface area contributed by atoms with E-state index >= 15 is 0 Å². The van der Waals surface area contributed by atoms with Crippen molar-refractivity contribution in [3.63, 3.8) is 0 Å². The van der Waals surface area contributed by atoms with Crippen LogP contribution in [0.25, 0.3) is 56.3 Å². The minimum absolute atomic E-state index is 0.166. The lowest BCUT2D eigenvalue weighted by Crippen LogP contribution is -2.48. The minimum Gasteiger partial charge on any atom is -0.489 e. The second-order valence-corrected chi connectivity index (χ2v) is 28.6. The van der Waals surface area contributed by atoms with Crippen molar-refractivity contribution in [1.82, 2.24) is 59.5 Å². The number of esters is 1. The molecule has 0 radical (unpaired) electrons. The van der Waals surface area contributed by atoms with Gasteiger partial charge in [0.05, 0.1) is 52.2 Å². The summed E-state index contributed by atoms with van der Waals surface area (Å²) in [5.41, 5.74) is 10.7. The number of likely N-dealkylation sites (tertiary alicyclic amines) is 1. The van der Waals surface area contributed by atoms with Crippen LogP contribution in [0.1, 0.15) is 155 Å². The third-order valence-electron chi connectivity index (χ3n) is 17.0. The predicted octanol–water partition coefficient (Wildman–Crippen LogP) is 16.8. The number of halogens is 3. The fraction of sp³-hybridized carbons (Fsp3) is 0.296. The van der Waals surface area contributed by atoms with Gasteiger partial charge in [-0.15, -0.1) is 0 Å². The topological polar surface area (TPSA) is 277 Å². The summed E-state index contributed by atoms with van der Waals surface area (Å²) < 4.78 is 20.2. The van der Waals surface area contributed by atoms with Crippen LogP contribution in [0.4, 0.5) is 0 Å². The van der Waals surface area contributed by atoms with E-state index in [0.29, 0.717) is 40.5 Å². The van der Waals surface area contributed by atoms with Gasteiger partial charge in [0, 0.05) is 110 Å². The Morgan fingerprint density at radius 1 is 0.538 bits per heavy atom. The summed E-state index contributed by atoms with van der Waals surface area (Å²) in [6, 6.07) is 51.8. The molecule has 2 aliphatic rings. The monoisotopic (exact) mass is 1580 g/mol. The third kappa shape index (κ3) is 22.6. The van der Waals surface area contributed by atoms with E-state index in [1.807, 2.05) is 124 Å². The predicted molar refractivity (Wildman–Crippen MR) is 417 cm³/mol. The fourth-order valence-electron chi connectivity index (χ4n) is 10.8. The number of aromatic amines is 1. The molecule has 6 heterocycles. The number of hydrogen-bond acceptors (Lipinski definition) is 15. The molecule has 25 heteroatoms. The van der Waals surface area contributed by atoms with Gasteiger partial charge in [-0.05, 0) is 179 Å². The number of hydrogen-bond donors (Lipinski definition) is 4. The van der Waals surface area contributed by atoms with Crippen molar-refractivity contribution >= 4 is 78.7 Å². The SMILES string of the molecule is Brc1ccc(-c2ccn[nH]2)cc1.CC(C)n1ccc(-c2ccc(Br)cc2)n1.CC(C)n1ccc(-c2ccc(C(=O)C(=O)N[C@H](CN3CCCC3)[C@H](O)c3ccc(OC4CC4)c(Cl)c3)cc2)n1.CC(C)n1ccc(-c2ccc(C(=O)C(=O)O)cc2)n1.CCOC(=O)C(=O)c1ccc(-c2ccn(C(C)C)n2)cc1. The quantitative estimate of drug-likeness (QED) is 0.0263. The van der Waals surface area contributed by atoms with E-state index in [-0.39, 0.29) is 35.9 Å². The second-order valence-electron chi connectivity index (χ2n) is 26.4. The van der Waals surface area contributed by atoms with Crippen LogP contribution in [0, 0.1) is 0 Å². The molecule has 552 valence electrons. The van der Waals surface area contributed by atoms with Gasteiger partial charge >= 0.3 is 11.9 Å². The number of H-pyrrole nitrogens is 1. The molecule has 5 aromatic heterocycles. The van der Waals surface area contributed by atoms with E-state index in [1.54, 1.807) is 92.0 Å². The molecule has 1 amide bonds. The third-order valence-corrected chi connectivity index (χ3v) is 18.4. The van der Waals surface area contributed by atoms with Gasteiger partial charge in [-0.1, -0.05) is 147 Å². The van der Waals surface area contributed by atoms with Crippen molar-refractivity contribution < 1.29 is 48.5 Å². The van der Waals surface area contributed by atoms with Crippen LogP contribution in [-0.2, 0) is 19.1 Å². The Bertz CT molecular complexity index is 4690. The van der Waals surface area contributed by atoms with Gasteiger partial charge in [0.15, 0.2) is 0 Å². The summed E-state index contributed by atoms with van der Waals surface area (Å²) in [5, 5.41) is 47.9. The number of amides is 1. The number of rotatable bonds is 23. The highest BCUT2D eigenvalue weighted by Crippen LogP contribution is 2.35. The van der Waals surface area contributed by atoms with Gasteiger partial charge in [-0.2, -0.15) is 25.5 Å². The maximum absolute atomic E-state index is 13.1. The van der Waals surface area contributed by atoms with Crippen LogP contribution in [-0.4, -0.2) is 138 Å². The first-order valence-electron chi connectivity index (χ1n) is 35.1. The van der Waals surface area contributed by atoms with Crippen LogP contribution in [0.3, 0.4) is 0 Å². The van der Waals surface area contributed by atoms with Crippen molar-refractivity contribution in [3.05, 3.63) is 237 Å². The molecule has 1 aliphatic heterocycles. The number of benzene rings is 6. The number of aliphatic hydroxyl groups is 1. The Morgan fingerprint density at radius 2 is 0.934 bits per heavy atom. The van der Waals surface area contributed by atoms with Crippen LogP contribution < -0.4 is 10.1 Å². The highest BCUT2D eigenvalue weighted by molar-refractivity contribution is 9.10. The standard InChI is InChI=1S/C30H35ClN4O4.C16H18N2O3.C14H14N2O3.C12H13BrN2.C9H7BrN2/c1-19(2)35-16-13-25(33-35)20-5-7-21(8-6-20)29(37)30(38)32-26(18-34-14-3-4-15-34)28(36)22-9-12-27(24(31)17-22)39-23-10-11-23;1-4-21-16(20)15(19)13-7-5-12(6-8-13)14-9-10-18(17-14)11(2)3;1-9(2)16-8-7-12(15-16)10-3-5-11(6-4-10)13(17)14(18)19;1-9(2)15-8-7-12(14-15)10-3-5-11(13)6-4-10;10-8-3-1-7(2-4-8)9-5-6-11-12-9/h5-9,12-13,16-17,19,23,26,28,36H,3-4,10-11,14-15,18H2,1-2H3,(H,32,38);5-11H,4H2,1-3H3;3-9H,1-2H3,(H,18,19);3-9H,1-2H3;1-6H,(H,11,12)/t26-,28-;;;;/m1..../s1. The van der Waals surface area contributed by atoms with Crippen LogP contribution in [0.5, 0.6) is 5.75 Å². The molecule has 1 saturated carbocycles. The van der Waals surface area contributed by atoms with E-state index in [9.17, 15) is 33.9 Å². The van der Waals surface area contributed by atoms with Crippen molar-refractivity contribution in [2.45, 2.75) is 130 Å². The largest absolute Gasteiger partial charge is 0.489 e. The molecule has 1 aliphatic carbocycles. The average molecular weight is 1580 g/mol. The van der Waals surface area contributed by atoms with Crippen molar-refractivity contribution in [1.29, 1.82) is 0 Å². The lowest BCUT2D eigenvalue weighted by atomic mass is 10.0. The number of carbonyl (C=O) groups excluding carboxylic acids is 5. The summed E-state index contributed by atoms with van der Waals surface area (Å²) in [7, 11) is 0. The first kappa shape index (κ1) is 79.9. The van der Waals surface area contributed by atoms with E-state index in [1.165, 1.54) is 12.1 Å². The maximum Gasteiger partial charge on any atom is 0.379 e.